The Labute approximate surface area is 183 Å². The van der Waals surface area contributed by atoms with Gasteiger partial charge in [-0.3, -0.25) is 4.90 Å². The number of hydrogen-bond donors (Lipinski definition) is 0. The standard InChI is InChI=1S/C24H43N3O3/c1-23(2,3)27-12-10-19(11-13-27)22-25-20(24(4,5)18-28-6)17-26(22)14-16-30-21-9-7-8-15-29-21/h17,19,21H,7-16,18H2,1-6H3. The first kappa shape index (κ1) is 23.7. The molecule has 1 aromatic rings. The van der Waals surface area contributed by atoms with E-state index in [9.17, 15) is 0 Å². The predicted molar refractivity (Wildman–Crippen MR) is 120 cm³/mol. The summed E-state index contributed by atoms with van der Waals surface area (Å²) < 4.78 is 19.6. The van der Waals surface area contributed by atoms with Gasteiger partial charge in [0.25, 0.3) is 0 Å². The molecule has 2 fully saturated rings. The Morgan fingerprint density at radius 1 is 1.10 bits per heavy atom. The number of hydrogen-bond acceptors (Lipinski definition) is 5. The lowest BCUT2D eigenvalue weighted by atomic mass is 9.90. The first-order valence-corrected chi connectivity index (χ1v) is 11.8. The summed E-state index contributed by atoms with van der Waals surface area (Å²) in [4.78, 5) is 7.75. The maximum Gasteiger partial charge on any atom is 0.157 e. The number of rotatable bonds is 8. The van der Waals surface area contributed by atoms with Gasteiger partial charge in [0.15, 0.2) is 6.29 Å². The minimum atomic E-state index is -0.103. The number of methoxy groups -OCH3 is 1. The highest BCUT2D eigenvalue weighted by molar-refractivity contribution is 5.17. The molecule has 0 saturated carbocycles. The zero-order valence-corrected chi connectivity index (χ0v) is 20.1. The van der Waals surface area contributed by atoms with Gasteiger partial charge < -0.3 is 18.8 Å². The summed E-state index contributed by atoms with van der Waals surface area (Å²) in [5.41, 5.74) is 1.25. The Bertz CT molecular complexity index is 651. The van der Waals surface area contributed by atoms with Crippen molar-refractivity contribution in [2.45, 2.75) is 96.4 Å². The van der Waals surface area contributed by atoms with E-state index in [1.807, 2.05) is 0 Å². The lowest BCUT2D eigenvalue weighted by Gasteiger charge is -2.40. The monoisotopic (exact) mass is 421 g/mol. The first-order chi connectivity index (χ1) is 14.2. The number of aromatic nitrogens is 2. The zero-order valence-electron chi connectivity index (χ0n) is 20.1. The molecule has 2 aliphatic rings. The van der Waals surface area contributed by atoms with Crippen molar-refractivity contribution < 1.29 is 14.2 Å². The molecule has 1 atom stereocenters. The van der Waals surface area contributed by atoms with Crippen molar-refractivity contribution >= 4 is 0 Å². The highest BCUT2D eigenvalue weighted by Crippen LogP contribution is 2.33. The molecule has 2 saturated heterocycles. The molecule has 1 unspecified atom stereocenters. The van der Waals surface area contributed by atoms with Crippen molar-refractivity contribution in [1.82, 2.24) is 14.5 Å². The third-order valence-electron chi connectivity index (χ3n) is 6.59. The van der Waals surface area contributed by atoms with Crippen LogP contribution in [-0.4, -0.2) is 66.3 Å². The molecule has 0 N–H and O–H groups in total. The fraction of sp³-hybridized carbons (Fsp3) is 0.875. The van der Waals surface area contributed by atoms with Gasteiger partial charge >= 0.3 is 0 Å². The number of ether oxygens (including phenoxy) is 3. The second-order valence-corrected chi connectivity index (χ2v) is 10.6. The Hall–Kier alpha value is -0.950. The van der Waals surface area contributed by atoms with Gasteiger partial charge in [-0.05, 0) is 66.0 Å². The third-order valence-corrected chi connectivity index (χ3v) is 6.59. The molecule has 3 rings (SSSR count). The van der Waals surface area contributed by atoms with E-state index in [2.05, 4.69) is 50.3 Å². The number of piperidine rings is 1. The van der Waals surface area contributed by atoms with Crippen LogP contribution in [0.15, 0.2) is 6.20 Å². The van der Waals surface area contributed by atoms with Gasteiger partial charge in [-0.1, -0.05) is 13.8 Å². The van der Waals surface area contributed by atoms with Crippen molar-refractivity contribution in [3.8, 4) is 0 Å². The Kier molecular flexibility index (Phi) is 7.99. The molecule has 0 spiro atoms. The van der Waals surface area contributed by atoms with Crippen molar-refractivity contribution in [1.29, 1.82) is 0 Å². The van der Waals surface area contributed by atoms with E-state index in [1.54, 1.807) is 7.11 Å². The van der Waals surface area contributed by atoms with E-state index >= 15 is 0 Å². The summed E-state index contributed by atoms with van der Waals surface area (Å²) in [7, 11) is 1.76. The van der Waals surface area contributed by atoms with Crippen LogP contribution >= 0.6 is 0 Å². The molecule has 2 aliphatic heterocycles. The lowest BCUT2D eigenvalue weighted by molar-refractivity contribution is -0.163. The van der Waals surface area contributed by atoms with E-state index in [0.29, 0.717) is 19.1 Å². The fourth-order valence-electron chi connectivity index (χ4n) is 4.63. The van der Waals surface area contributed by atoms with Gasteiger partial charge in [0.05, 0.1) is 18.9 Å². The second kappa shape index (κ2) is 10.1. The average molecular weight is 422 g/mol. The smallest absolute Gasteiger partial charge is 0.157 e. The lowest BCUT2D eigenvalue weighted by Crippen LogP contribution is -2.46. The Morgan fingerprint density at radius 2 is 1.83 bits per heavy atom. The molecule has 3 heterocycles. The quantitative estimate of drug-likeness (QED) is 0.625. The maximum absolute atomic E-state index is 6.03. The normalized spacial score (nSPS) is 22.5. The molecule has 6 heteroatoms. The van der Waals surface area contributed by atoms with Crippen molar-refractivity contribution in [2.75, 3.05) is 40.0 Å². The maximum atomic E-state index is 6.03. The molecule has 1 aromatic heterocycles. The second-order valence-electron chi connectivity index (χ2n) is 10.6. The van der Waals surface area contributed by atoms with Gasteiger partial charge in [0, 0.05) is 43.3 Å². The van der Waals surface area contributed by atoms with Crippen LogP contribution in [0, 0.1) is 0 Å². The number of likely N-dealkylation sites (tertiary alicyclic amines) is 1. The summed E-state index contributed by atoms with van der Waals surface area (Å²) >= 11 is 0. The molecule has 0 amide bonds. The van der Waals surface area contributed by atoms with E-state index in [4.69, 9.17) is 19.2 Å². The zero-order chi connectivity index (χ0) is 21.8. The van der Waals surface area contributed by atoms with Crippen LogP contribution in [0.2, 0.25) is 0 Å². The van der Waals surface area contributed by atoms with Crippen LogP contribution in [-0.2, 0) is 26.2 Å². The molecule has 0 aromatic carbocycles. The van der Waals surface area contributed by atoms with Crippen LogP contribution in [0.5, 0.6) is 0 Å². The van der Waals surface area contributed by atoms with Crippen LogP contribution in [0.4, 0.5) is 0 Å². The van der Waals surface area contributed by atoms with E-state index in [1.165, 1.54) is 12.2 Å². The van der Waals surface area contributed by atoms with Crippen LogP contribution < -0.4 is 0 Å². The molecular formula is C24H43N3O3. The molecule has 0 bridgehead atoms. The average Bonchev–Trinajstić information content (AvgIpc) is 3.13. The third kappa shape index (κ3) is 6.06. The van der Waals surface area contributed by atoms with Crippen molar-refractivity contribution in [3.05, 3.63) is 17.7 Å². The topological polar surface area (TPSA) is 48.8 Å². The van der Waals surface area contributed by atoms with Crippen LogP contribution in [0.1, 0.15) is 84.2 Å². The van der Waals surface area contributed by atoms with Gasteiger partial charge in [0.1, 0.15) is 5.82 Å². The molecule has 172 valence electrons. The largest absolute Gasteiger partial charge is 0.384 e. The SMILES string of the molecule is COCC(C)(C)c1cn(CCOC2CCCCO2)c(C2CCN(C(C)(C)C)CC2)n1. The fourth-order valence-corrected chi connectivity index (χ4v) is 4.63. The highest BCUT2D eigenvalue weighted by Gasteiger charge is 2.32. The molecule has 0 aliphatic carbocycles. The first-order valence-electron chi connectivity index (χ1n) is 11.8. The van der Waals surface area contributed by atoms with Gasteiger partial charge in [-0.25, -0.2) is 4.98 Å². The van der Waals surface area contributed by atoms with Gasteiger partial charge in [-0.15, -0.1) is 0 Å². The van der Waals surface area contributed by atoms with Crippen molar-refractivity contribution in [3.63, 3.8) is 0 Å². The molecule has 6 nitrogen and oxygen atoms in total. The summed E-state index contributed by atoms with van der Waals surface area (Å²) in [6, 6.07) is 0. The molecular weight excluding hydrogens is 378 g/mol. The Balaban J connectivity index is 1.70. The van der Waals surface area contributed by atoms with Crippen molar-refractivity contribution in [2.24, 2.45) is 0 Å². The van der Waals surface area contributed by atoms with Gasteiger partial charge in [-0.2, -0.15) is 0 Å². The van der Waals surface area contributed by atoms with E-state index in [0.717, 1.165) is 57.6 Å². The predicted octanol–water partition coefficient (Wildman–Crippen LogP) is 4.33. The summed E-state index contributed by atoms with van der Waals surface area (Å²) in [5.74, 6) is 1.72. The van der Waals surface area contributed by atoms with Crippen LogP contribution in [0.3, 0.4) is 0 Å². The minimum absolute atomic E-state index is 0.0369. The highest BCUT2D eigenvalue weighted by atomic mass is 16.7. The van der Waals surface area contributed by atoms with Gasteiger partial charge in [0.2, 0.25) is 0 Å². The van der Waals surface area contributed by atoms with Crippen LogP contribution in [0.25, 0.3) is 0 Å². The molecule has 0 radical (unpaired) electrons. The van der Waals surface area contributed by atoms with E-state index < -0.39 is 0 Å². The Morgan fingerprint density at radius 3 is 2.43 bits per heavy atom. The molecule has 30 heavy (non-hydrogen) atoms. The summed E-state index contributed by atoms with van der Waals surface area (Å²) in [6.45, 7) is 16.6. The van der Waals surface area contributed by atoms with E-state index in [-0.39, 0.29) is 17.2 Å². The number of nitrogens with zero attached hydrogens (tertiary/aromatic N) is 3. The summed E-state index contributed by atoms with van der Waals surface area (Å²) in [5, 5.41) is 0. The summed E-state index contributed by atoms with van der Waals surface area (Å²) in [6.07, 6.45) is 7.87. The number of imidazole rings is 1. The minimum Gasteiger partial charge on any atom is -0.384 e.